The van der Waals surface area contributed by atoms with Gasteiger partial charge in [0, 0.05) is 0 Å². The van der Waals surface area contributed by atoms with Crippen molar-refractivity contribution in [3.8, 4) is 0 Å². The van der Waals surface area contributed by atoms with Crippen molar-refractivity contribution < 1.29 is 9.05 Å². The van der Waals surface area contributed by atoms with Gasteiger partial charge in [0.2, 0.25) is 0 Å². The minimum atomic E-state index is -2.48. The molecule has 104 valence electrons. The first-order valence-electron chi connectivity index (χ1n) is 6.71. The van der Waals surface area contributed by atoms with Crippen LogP contribution < -0.4 is 0 Å². The van der Waals surface area contributed by atoms with Gasteiger partial charge in [-0.15, -0.1) is 0 Å². The third-order valence-electron chi connectivity index (χ3n) is 2.49. The fourth-order valence-corrected chi connectivity index (χ4v) is 3.07. The van der Waals surface area contributed by atoms with Gasteiger partial charge in [0.25, 0.3) is 5.84 Å². The van der Waals surface area contributed by atoms with Crippen LogP contribution in [0.5, 0.6) is 0 Å². The molecule has 0 unspecified atom stereocenters. The molecule has 0 aliphatic rings. The molecule has 0 aromatic carbocycles. The van der Waals surface area contributed by atoms with Crippen LogP contribution in [-0.4, -0.2) is 13.2 Å². The zero-order valence-corrected chi connectivity index (χ0v) is 13.6. The van der Waals surface area contributed by atoms with Gasteiger partial charge in [0.05, 0.1) is 13.2 Å². The van der Waals surface area contributed by atoms with E-state index in [1.807, 2.05) is 0 Å². The minimum Gasteiger partial charge on any atom is -0.318 e. The monoisotopic (exact) mass is 300 g/mol. The molecule has 0 amide bonds. The molecule has 0 aliphatic carbocycles. The molecule has 0 saturated heterocycles. The van der Waals surface area contributed by atoms with Crippen LogP contribution in [0, 0.1) is 0 Å². The van der Waals surface area contributed by atoms with Crippen LogP contribution in [0.3, 0.4) is 0 Å². The number of rotatable bonds is 12. The third-order valence-corrected chi connectivity index (χ3v) is 4.69. The van der Waals surface area contributed by atoms with E-state index >= 15 is 0 Å². The van der Waals surface area contributed by atoms with E-state index in [0.717, 1.165) is 12.8 Å². The highest BCUT2D eigenvalue weighted by molar-refractivity contribution is 8.22. The molecule has 0 aliphatic heterocycles. The Labute approximate surface area is 116 Å². The SMILES string of the molecule is CCCCCCOP(=S)(Cl)OCCCCCC. The molecule has 0 aromatic heterocycles. The topological polar surface area (TPSA) is 18.5 Å². The van der Waals surface area contributed by atoms with Crippen molar-refractivity contribution in [1.82, 2.24) is 0 Å². The molecule has 5 heteroatoms. The van der Waals surface area contributed by atoms with Crippen LogP contribution in [0.15, 0.2) is 0 Å². The van der Waals surface area contributed by atoms with Crippen molar-refractivity contribution in [1.29, 1.82) is 0 Å². The zero-order chi connectivity index (χ0) is 13.0. The van der Waals surface area contributed by atoms with E-state index < -0.39 is 5.84 Å². The maximum Gasteiger partial charge on any atom is 0.281 e. The van der Waals surface area contributed by atoms with E-state index in [4.69, 9.17) is 32.1 Å². The largest absolute Gasteiger partial charge is 0.318 e. The zero-order valence-electron chi connectivity index (χ0n) is 11.1. The van der Waals surface area contributed by atoms with E-state index in [1.165, 1.54) is 38.5 Å². The molecular formula is C12H26ClO2PS. The molecular weight excluding hydrogens is 275 g/mol. The van der Waals surface area contributed by atoms with Crippen molar-refractivity contribution in [3.05, 3.63) is 0 Å². The Bertz CT molecular complexity index is 197. The van der Waals surface area contributed by atoms with Gasteiger partial charge in [-0.3, -0.25) is 0 Å². The summed E-state index contributed by atoms with van der Waals surface area (Å²) in [6.07, 6.45) is 9.35. The first-order valence-corrected chi connectivity index (χ1v) is 10.3. The summed E-state index contributed by atoms with van der Waals surface area (Å²) in [5.74, 6) is -2.48. The highest BCUT2D eigenvalue weighted by Crippen LogP contribution is 2.54. The molecule has 0 heterocycles. The van der Waals surface area contributed by atoms with Gasteiger partial charge in [0.15, 0.2) is 0 Å². The van der Waals surface area contributed by atoms with Gasteiger partial charge in [-0.1, -0.05) is 52.4 Å². The predicted octanol–water partition coefficient (Wildman–Crippen LogP) is 5.64. The van der Waals surface area contributed by atoms with Crippen molar-refractivity contribution in [3.63, 3.8) is 0 Å². The molecule has 17 heavy (non-hydrogen) atoms. The lowest BCUT2D eigenvalue weighted by molar-refractivity contribution is 0.249. The van der Waals surface area contributed by atoms with E-state index in [9.17, 15) is 0 Å². The minimum absolute atomic E-state index is 0.635. The van der Waals surface area contributed by atoms with Crippen LogP contribution in [-0.2, 0) is 20.9 Å². The summed E-state index contributed by atoms with van der Waals surface area (Å²) in [6, 6.07) is 0. The van der Waals surface area contributed by atoms with E-state index in [-0.39, 0.29) is 0 Å². The molecule has 0 bridgehead atoms. The van der Waals surface area contributed by atoms with Crippen LogP contribution in [0.25, 0.3) is 0 Å². The molecule has 0 fully saturated rings. The number of halogens is 1. The Hall–Kier alpha value is 0.860. The highest BCUT2D eigenvalue weighted by Gasteiger charge is 2.14. The number of hydrogen-bond donors (Lipinski definition) is 0. The van der Waals surface area contributed by atoms with Crippen LogP contribution >= 0.6 is 17.1 Å². The molecule has 0 rings (SSSR count). The molecule has 0 radical (unpaired) electrons. The summed E-state index contributed by atoms with van der Waals surface area (Å²) in [7, 11) is 0. The first kappa shape index (κ1) is 17.9. The van der Waals surface area contributed by atoms with E-state index in [2.05, 4.69) is 13.8 Å². The second kappa shape index (κ2) is 11.9. The summed E-state index contributed by atoms with van der Waals surface area (Å²) in [5, 5.41) is 0. The van der Waals surface area contributed by atoms with Crippen molar-refractivity contribution >= 4 is 28.9 Å². The molecule has 0 aromatic rings. The second-order valence-electron chi connectivity index (χ2n) is 4.22. The van der Waals surface area contributed by atoms with Crippen LogP contribution in [0.1, 0.15) is 65.2 Å². The molecule has 0 saturated carbocycles. The van der Waals surface area contributed by atoms with Crippen molar-refractivity contribution in [2.75, 3.05) is 13.2 Å². The van der Waals surface area contributed by atoms with Gasteiger partial charge in [0.1, 0.15) is 0 Å². The Kier molecular flexibility index (Phi) is 12.5. The van der Waals surface area contributed by atoms with Gasteiger partial charge in [-0.05, 0) is 35.9 Å². The maximum absolute atomic E-state index is 6.04. The molecule has 0 atom stereocenters. The smallest absolute Gasteiger partial charge is 0.281 e. The summed E-state index contributed by atoms with van der Waals surface area (Å²) in [5.41, 5.74) is 0. The van der Waals surface area contributed by atoms with E-state index in [0.29, 0.717) is 13.2 Å². The molecule has 0 spiro atoms. The van der Waals surface area contributed by atoms with Crippen LogP contribution in [0.2, 0.25) is 0 Å². The summed E-state index contributed by atoms with van der Waals surface area (Å²) >= 11 is 11.2. The maximum atomic E-state index is 6.04. The quantitative estimate of drug-likeness (QED) is 0.343. The van der Waals surface area contributed by atoms with Gasteiger partial charge >= 0.3 is 0 Å². The average Bonchev–Trinajstić information content (AvgIpc) is 2.28. The van der Waals surface area contributed by atoms with Crippen molar-refractivity contribution in [2.24, 2.45) is 0 Å². The fraction of sp³-hybridized carbons (Fsp3) is 1.00. The van der Waals surface area contributed by atoms with E-state index in [1.54, 1.807) is 0 Å². The third kappa shape index (κ3) is 13.1. The Morgan fingerprint density at radius 2 is 1.24 bits per heavy atom. The summed E-state index contributed by atoms with van der Waals surface area (Å²) < 4.78 is 10.9. The van der Waals surface area contributed by atoms with Crippen LogP contribution in [0.4, 0.5) is 0 Å². The Morgan fingerprint density at radius 3 is 1.59 bits per heavy atom. The lowest BCUT2D eigenvalue weighted by Gasteiger charge is -2.15. The first-order chi connectivity index (χ1) is 8.12. The second-order valence-corrected chi connectivity index (χ2v) is 8.97. The van der Waals surface area contributed by atoms with Gasteiger partial charge in [-0.25, -0.2) is 0 Å². The lowest BCUT2D eigenvalue weighted by Crippen LogP contribution is -1.95. The normalized spacial score (nSPS) is 11.9. The predicted molar refractivity (Wildman–Crippen MR) is 80.3 cm³/mol. The van der Waals surface area contributed by atoms with Crippen molar-refractivity contribution in [2.45, 2.75) is 65.2 Å². The summed E-state index contributed by atoms with van der Waals surface area (Å²) in [6.45, 7) is 5.64. The Morgan fingerprint density at radius 1 is 0.824 bits per heavy atom. The lowest BCUT2D eigenvalue weighted by atomic mass is 10.2. The average molecular weight is 301 g/mol. The number of hydrogen-bond acceptors (Lipinski definition) is 3. The highest BCUT2D eigenvalue weighted by atomic mass is 35.7. The number of unbranched alkanes of at least 4 members (excludes halogenated alkanes) is 6. The standard InChI is InChI=1S/C12H26ClO2PS/c1-3-5-7-9-11-14-16(13,17)15-12-10-8-6-4-2/h3-12H2,1-2H3. The summed E-state index contributed by atoms with van der Waals surface area (Å²) in [4.78, 5) is 0. The van der Waals surface area contributed by atoms with Gasteiger partial charge in [-0.2, -0.15) is 0 Å². The Balaban J connectivity index is 3.42. The van der Waals surface area contributed by atoms with Gasteiger partial charge < -0.3 is 9.05 Å². The molecule has 2 nitrogen and oxygen atoms in total. The fourth-order valence-electron chi connectivity index (χ4n) is 1.44. The molecule has 0 N–H and O–H groups in total.